The summed E-state index contributed by atoms with van der Waals surface area (Å²) in [7, 11) is 0. The van der Waals surface area contributed by atoms with E-state index in [2.05, 4.69) is 189 Å². The Morgan fingerprint density at radius 2 is 1.02 bits per heavy atom. The Hall–Kier alpha value is -6.38. The molecule has 0 unspecified atom stereocenters. The van der Waals surface area contributed by atoms with Crippen LogP contribution >= 0.6 is 0 Å². The number of nitrogens with zero attached hydrogens (tertiary/aromatic N) is 1. The maximum Gasteiger partial charge on any atom is 0.143 e. The maximum atomic E-state index is 6.61. The summed E-state index contributed by atoms with van der Waals surface area (Å²) in [6.07, 6.45) is 0. The number of furan rings is 1. The van der Waals surface area contributed by atoms with Crippen molar-refractivity contribution in [1.82, 2.24) is 0 Å². The lowest BCUT2D eigenvalue weighted by molar-refractivity contribution is 0.660. The van der Waals surface area contributed by atoms with Gasteiger partial charge >= 0.3 is 0 Å². The summed E-state index contributed by atoms with van der Waals surface area (Å²) < 4.78 is 6.61. The summed E-state index contributed by atoms with van der Waals surface area (Å²) in [6.45, 7) is 4.70. The van der Waals surface area contributed by atoms with Gasteiger partial charge in [-0.15, -0.1) is 0 Å². The summed E-state index contributed by atoms with van der Waals surface area (Å²) in [5.74, 6) is 0. The molecule has 0 radical (unpaired) electrons. The molecular weight excluding hydrogens is 619 g/mol. The van der Waals surface area contributed by atoms with Crippen molar-refractivity contribution in [2.75, 3.05) is 4.90 Å². The van der Waals surface area contributed by atoms with Crippen LogP contribution in [0.25, 0.3) is 66.1 Å². The molecule has 2 heteroatoms. The van der Waals surface area contributed by atoms with Gasteiger partial charge in [0.15, 0.2) is 0 Å². The van der Waals surface area contributed by atoms with Gasteiger partial charge in [-0.2, -0.15) is 0 Å². The monoisotopic (exact) mass is 653 g/mol. The van der Waals surface area contributed by atoms with E-state index >= 15 is 0 Å². The molecule has 1 heterocycles. The Labute approximate surface area is 297 Å². The van der Waals surface area contributed by atoms with Crippen LogP contribution in [0.3, 0.4) is 0 Å². The van der Waals surface area contributed by atoms with Gasteiger partial charge in [0, 0.05) is 38.6 Å². The second-order valence-corrected chi connectivity index (χ2v) is 14.1. The number of rotatable bonds is 5. The van der Waals surface area contributed by atoms with Gasteiger partial charge in [0.1, 0.15) is 11.2 Å². The first-order valence-corrected chi connectivity index (χ1v) is 17.7. The van der Waals surface area contributed by atoms with Crippen LogP contribution in [0.2, 0.25) is 0 Å². The molecule has 2 nitrogen and oxygen atoms in total. The van der Waals surface area contributed by atoms with Gasteiger partial charge in [-0.25, -0.2) is 0 Å². The molecule has 1 aliphatic rings. The Morgan fingerprint density at radius 1 is 0.431 bits per heavy atom. The highest BCUT2D eigenvalue weighted by atomic mass is 16.3. The fraction of sp³-hybridized carbons (Fsp3) is 0.0612. The summed E-state index contributed by atoms with van der Waals surface area (Å²) in [4.78, 5) is 2.46. The predicted octanol–water partition coefficient (Wildman–Crippen LogP) is 13.8. The van der Waals surface area contributed by atoms with Crippen molar-refractivity contribution in [2.24, 2.45) is 0 Å². The second-order valence-electron chi connectivity index (χ2n) is 14.1. The van der Waals surface area contributed by atoms with Crippen LogP contribution in [0.4, 0.5) is 17.1 Å². The molecule has 0 saturated carbocycles. The van der Waals surface area contributed by atoms with Gasteiger partial charge in [0.2, 0.25) is 0 Å². The van der Waals surface area contributed by atoms with Crippen LogP contribution in [0.15, 0.2) is 180 Å². The topological polar surface area (TPSA) is 16.4 Å². The van der Waals surface area contributed by atoms with Gasteiger partial charge < -0.3 is 9.32 Å². The van der Waals surface area contributed by atoms with E-state index in [-0.39, 0.29) is 5.41 Å². The number of benzene rings is 8. The lowest BCUT2D eigenvalue weighted by Crippen LogP contribution is -2.16. The zero-order valence-electron chi connectivity index (χ0n) is 28.6. The third kappa shape index (κ3) is 4.50. The average molecular weight is 654 g/mol. The molecule has 10 rings (SSSR count). The molecule has 51 heavy (non-hydrogen) atoms. The molecule has 1 aromatic heterocycles. The van der Waals surface area contributed by atoms with Crippen molar-refractivity contribution in [2.45, 2.75) is 19.3 Å². The van der Waals surface area contributed by atoms with E-state index in [9.17, 15) is 0 Å². The van der Waals surface area contributed by atoms with Crippen molar-refractivity contribution in [1.29, 1.82) is 0 Å². The molecule has 0 bridgehead atoms. The zero-order valence-corrected chi connectivity index (χ0v) is 28.6. The van der Waals surface area contributed by atoms with Crippen molar-refractivity contribution in [3.05, 3.63) is 187 Å². The van der Waals surface area contributed by atoms with Gasteiger partial charge in [-0.1, -0.05) is 159 Å². The average Bonchev–Trinajstić information content (AvgIpc) is 3.68. The third-order valence-corrected chi connectivity index (χ3v) is 10.9. The summed E-state index contributed by atoms with van der Waals surface area (Å²) in [5.41, 5.74) is 14.9. The van der Waals surface area contributed by atoms with Gasteiger partial charge in [-0.3, -0.25) is 0 Å². The van der Waals surface area contributed by atoms with Crippen LogP contribution in [-0.2, 0) is 5.41 Å². The Kier molecular flexibility index (Phi) is 6.56. The second kappa shape index (κ2) is 11.3. The molecule has 0 fully saturated rings. The Morgan fingerprint density at radius 3 is 1.90 bits per heavy atom. The molecule has 0 N–H and O–H groups in total. The summed E-state index contributed by atoms with van der Waals surface area (Å²) in [5, 5.41) is 4.76. The first-order valence-electron chi connectivity index (χ1n) is 17.7. The molecule has 0 spiro atoms. The number of hydrogen-bond donors (Lipinski definition) is 0. The smallest absolute Gasteiger partial charge is 0.143 e. The van der Waals surface area contributed by atoms with Crippen LogP contribution in [0.5, 0.6) is 0 Å². The number of fused-ring (bicyclic) bond motifs is 7. The predicted molar refractivity (Wildman–Crippen MR) is 214 cm³/mol. The van der Waals surface area contributed by atoms with E-state index in [1.54, 1.807) is 0 Å². The highest BCUT2D eigenvalue weighted by Crippen LogP contribution is 2.55. The van der Waals surface area contributed by atoms with E-state index in [1.165, 1.54) is 44.2 Å². The van der Waals surface area contributed by atoms with Crippen molar-refractivity contribution >= 4 is 49.8 Å². The van der Waals surface area contributed by atoms with Crippen molar-refractivity contribution in [3.8, 4) is 33.4 Å². The van der Waals surface area contributed by atoms with Crippen LogP contribution in [0, 0.1) is 0 Å². The normalized spacial score (nSPS) is 13.1. The highest BCUT2D eigenvalue weighted by Gasteiger charge is 2.38. The fourth-order valence-electron chi connectivity index (χ4n) is 8.45. The first kappa shape index (κ1) is 29.5. The van der Waals surface area contributed by atoms with Gasteiger partial charge in [0.25, 0.3) is 0 Å². The van der Waals surface area contributed by atoms with Crippen LogP contribution < -0.4 is 4.90 Å². The zero-order chi connectivity index (χ0) is 34.1. The molecule has 242 valence electrons. The molecule has 0 aliphatic heterocycles. The summed E-state index contributed by atoms with van der Waals surface area (Å²) >= 11 is 0. The molecule has 0 amide bonds. The first-order chi connectivity index (χ1) is 25.1. The molecular formula is C49H35NO. The SMILES string of the molecule is CC1(C)c2ccccc2-c2c(N(c3ccc(-c4cccc5ccccc45)cc3)c3ccccc3-c3cccc4c3oc3ccccc34)cccc21. The lowest BCUT2D eigenvalue weighted by Gasteiger charge is -2.30. The van der Waals surface area contributed by atoms with Gasteiger partial charge in [0.05, 0.1) is 11.4 Å². The van der Waals surface area contributed by atoms with E-state index in [0.29, 0.717) is 0 Å². The van der Waals surface area contributed by atoms with E-state index < -0.39 is 0 Å². The minimum absolute atomic E-state index is 0.120. The standard InChI is InChI=1S/C49H35NO/c1-49(2)42-23-8-5-19-41(42)47-43(49)24-13-26-45(47)50(34-30-28-33(29-31-34)36-20-11-15-32-14-3-4-16-35(32)36)44-25-9-6-17-37(44)39-21-12-22-40-38-18-7-10-27-46(38)51-48(39)40/h3-31H,1-2H3. The molecule has 0 atom stereocenters. The minimum Gasteiger partial charge on any atom is -0.455 e. The minimum atomic E-state index is -0.120. The lowest BCUT2D eigenvalue weighted by atomic mass is 9.82. The largest absolute Gasteiger partial charge is 0.455 e. The van der Waals surface area contributed by atoms with E-state index in [0.717, 1.165) is 50.1 Å². The molecule has 0 saturated heterocycles. The summed E-state index contributed by atoms with van der Waals surface area (Å²) in [6, 6.07) is 63.6. The number of para-hydroxylation sites is 3. The molecule has 8 aromatic carbocycles. The molecule has 1 aliphatic carbocycles. The van der Waals surface area contributed by atoms with E-state index in [4.69, 9.17) is 4.42 Å². The fourth-order valence-corrected chi connectivity index (χ4v) is 8.45. The van der Waals surface area contributed by atoms with Crippen molar-refractivity contribution in [3.63, 3.8) is 0 Å². The number of hydrogen-bond acceptors (Lipinski definition) is 2. The van der Waals surface area contributed by atoms with E-state index in [1.807, 2.05) is 6.07 Å². The van der Waals surface area contributed by atoms with Crippen LogP contribution in [-0.4, -0.2) is 0 Å². The third-order valence-electron chi connectivity index (χ3n) is 10.9. The Balaban J connectivity index is 1.22. The maximum absolute atomic E-state index is 6.61. The van der Waals surface area contributed by atoms with Crippen molar-refractivity contribution < 1.29 is 4.42 Å². The number of anilines is 3. The highest BCUT2D eigenvalue weighted by molar-refractivity contribution is 6.11. The molecule has 9 aromatic rings. The Bertz CT molecular complexity index is 2780. The van der Waals surface area contributed by atoms with Gasteiger partial charge in [-0.05, 0) is 68.9 Å². The quantitative estimate of drug-likeness (QED) is 0.184. The van der Waals surface area contributed by atoms with Crippen LogP contribution in [0.1, 0.15) is 25.0 Å².